The van der Waals surface area contributed by atoms with Gasteiger partial charge in [0.1, 0.15) is 5.82 Å². The number of hydrogen-bond donors (Lipinski definition) is 2. The van der Waals surface area contributed by atoms with Crippen LogP contribution in [-0.2, 0) is 10.2 Å². The van der Waals surface area contributed by atoms with Gasteiger partial charge in [-0.15, -0.1) is 0 Å². The first-order valence-corrected chi connectivity index (χ1v) is 9.19. The highest BCUT2D eigenvalue weighted by molar-refractivity contribution is 6.05. The number of phenols is 1. The molecule has 0 radical (unpaired) electrons. The van der Waals surface area contributed by atoms with Gasteiger partial charge in [0.25, 0.3) is 5.91 Å². The summed E-state index contributed by atoms with van der Waals surface area (Å²) in [7, 11) is 0. The summed E-state index contributed by atoms with van der Waals surface area (Å²) in [5.74, 6) is -3.90. The Morgan fingerprint density at radius 2 is 1.86 bits per heavy atom. The second-order valence-electron chi connectivity index (χ2n) is 7.32. The number of aromatic hydroxyl groups is 1. The van der Waals surface area contributed by atoms with Crippen molar-refractivity contribution in [1.82, 2.24) is 4.57 Å². The molecule has 0 unspecified atom stereocenters. The Bertz CT molecular complexity index is 1140. The number of carboxylic acids is 1. The molecule has 0 fully saturated rings. The number of phenolic OH excluding ortho intramolecular Hbond substituents is 1. The summed E-state index contributed by atoms with van der Waals surface area (Å²) in [6, 6.07) is 7.20. The molecule has 2 N–H and O–H groups in total. The van der Waals surface area contributed by atoms with E-state index in [-0.39, 0.29) is 22.9 Å². The van der Waals surface area contributed by atoms with E-state index in [1.807, 2.05) is 6.92 Å². The molecule has 1 aromatic heterocycles. The monoisotopic (exact) mass is 401 g/mol. The van der Waals surface area contributed by atoms with Crippen LogP contribution in [0.1, 0.15) is 48.3 Å². The topological polar surface area (TPSA) is 79.5 Å². The number of carboxylic acid groups (broad SMARTS) is 1. The zero-order valence-corrected chi connectivity index (χ0v) is 16.3. The second-order valence-corrected chi connectivity index (χ2v) is 7.32. The fraction of sp³-hybridized carbons (Fsp3) is 0.273. The summed E-state index contributed by atoms with van der Waals surface area (Å²) < 4.78 is 29.0. The molecule has 0 amide bonds. The Morgan fingerprint density at radius 1 is 1.17 bits per heavy atom. The SMILES string of the molecule is CCC[C@@](C)(C(=O)O)c1c(C)n(C(=O)c2cccc(F)c2)c2cc(F)c(O)cc12. The van der Waals surface area contributed by atoms with Gasteiger partial charge in [0.05, 0.1) is 10.9 Å². The molecule has 0 aliphatic rings. The lowest BCUT2D eigenvalue weighted by Gasteiger charge is -2.25. The van der Waals surface area contributed by atoms with Crippen LogP contribution in [0.15, 0.2) is 36.4 Å². The van der Waals surface area contributed by atoms with Gasteiger partial charge in [-0.1, -0.05) is 19.4 Å². The number of hydrogen-bond acceptors (Lipinski definition) is 3. The molecule has 5 nitrogen and oxygen atoms in total. The Balaban J connectivity index is 2.40. The van der Waals surface area contributed by atoms with Crippen molar-refractivity contribution in [2.24, 2.45) is 0 Å². The van der Waals surface area contributed by atoms with Crippen LogP contribution in [0.2, 0.25) is 0 Å². The standard InChI is InChI=1S/C22H21F2NO4/c1-4-8-22(3,21(28)29)19-12(2)25(17-11-16(24)18(26)10-15(17)19)20(27)13-6-5-7-14(23)9-13/h5-7,9-11,26H,4,8H2,1-3H3,(H,28,29)/t22-/m1/s1. The van der Waals surface area contributed by atoms with Crippen molar-refractivity contribution in [1.29, 1.82) is 0 Å². The van der Waals surface area contributed by atoms with Crippen molar-refractivity contribution < 1.29 is 28.6 Å². The van der Waals surface area contributed by atoms with Gasteiger partial charge in [0.15, 0.2) is 11.6 Å². The van der Waals surface area contributed by atoms with E-state index in [2.05, 4.69) is 0 Å². The average molecular weight is 401 g/mol. The van der Waals surface area contributed by atoms with Crippen molar-refractivity contribution in [2.75, 3.05) is 0 Å². The number of benzene rings is 2. The number of aliphatic carboxylic acids is 1. The molecule has 1 atom stereocenters. The molecule has 0 bridgehead atoms. The number of aromatic nitrogens is 1. The van der Waals surface area contributed by atoms with E-state index in [0.717, 1.165) is 18.2 Å². The van der Waals surface area contributed by atoms with Crippen molar-refractivity contribution in [2.45, 2.75) is 39.0 Å². The van der Waals surface area contributed by atoms with Gasteiger partial charge in [-0.05, 0) is 50.1 Å². The molecule has 3 rings (SSSR count). The Hall–Kier alpha value is -3.22. The number of nitrogens with zero attached hydrogens (tertiary/aromatic N) is 1. The minimum atomic E-state index is -1.37. The van der Waals surface area contributed by atoms with Gasteiger partial charge >= 0.3 is 5.97 Å². The summed E-state index contributed by atoms with van der Waals surface area (Å²) in [5.41, 5.74) is -0.586. The molecule has 3 aromatic rings. The molecule has 152 valence electrons. The van der Waals surface area contributed by atoms with E-state index < -0.39 is 34.7 Å². The van der Waals surface area contributed by atoms with E-state index >= 15 is 0 Å². The van der Waals surface area contributed by atoms with Gasteiger partial charge in [-0.25, -0.2) is 8.78 Å². The summed E-state index contributed by atoms with van der Waals surface area (Å²) in [4.78, 5) is 25.3. The minimum absolute atomic E-state index is 0.0394. The Kier molecular flexibility index (Phi) is 5.17. The van der Waals surface area contributed by atoms with E-state index in [0.29, 0.717) is 17.7 Å². The molecule has 1 heterocycles. The predicted molar refractivity (Wildman–Crippen MR) is 104 cm³/mol. The first kappa shape index (κ1) is 20.5. The van der Waals surface area contributed by atoms with E-state index in [1.54, 1.807) is 6.92 Å². The number of rotatable bonds is 5. The third kappa shape index (κ3) is 3.26. The maximum Gasteiger partial charge on any atom is 0.313 e. The highest BCUT2D eigenvalue weighted by atomic mass is 19.1. The van der Waals surface area contributed by atoms with E-state index in [4.69, 9.17) is 0 Å². The fourth-order valence-electron chi connectivity index (χ4n) is 3.97. The number of halogens is 2. The maximum atomic E-state index is 14.2. The zero-order valence-electron chi connectivity index (χ0n) is 16.3. The molecule has 7 heteroatoms. The van der Waals surface area contributed by atoms with Crippen molar-refractivity contribution in [3.63, 3.8) is 0 Å². The average Bonchev–Trinajstić information content (AvgIpc) is 2.93. The van der Waals surface area contributed by atoms with E-state index in [9.17, 15) is 28.6 Å². The summed E-state index contributed by atoms with van der Waals surface area (Å²) in [6.45, 7) is 4.95. The highest BCUT2D eigenvalue weighted by Crippen LogP contribution is 2.41. The molecule has 0 saturated heterocycles. The lowest BCUT2D eigenvalue weighted by Crippen LogP contribution is -2.33. The quantitative estimate of drug-likeness (QED) is 0.646. The van der Waals surface area contributed by atoms with Gasteiger partial charge in [-0.2, -0.15) is 0 Å². The first-order chi connectivity index (χ1) is 13.6. The van der Waals surface area contributed by atoms with Crippen LogP contribution in [0, 0.1) is 18.6 Å². The largest absolute Gasteiger partial charge is 0.505 e. The molecule has 0 aliphatic heterocycles. The van der Waals surface area contributed by atoms with Crippen molar-refractivity contribution in [3.05, 3.63) is 64.9 Å². The molecule has 29 heavy (non-hydrogen) atoms. The molecule has 2 aromatic carbocycles. The molecule has 0 aliphatic carbocycles. The fourth-order valence-corrected chi connectivity index (χ4v) is 3.97. The lowest BCUT2D eigenvalue weighted by atomic mass is 9.77. The van der Waals surface area contributed by atoms with Gasteiger partial charge in [0.2, 0.25) is 0 Å². The smallest absolute Gasteiger partial charge is 0.313 e. The highest BCUT2D eigenvalue weighted by Gasteiger charge is 2.40. The molecular weight excluding hydrogens is 380 g/mol. The van der Waals surface area contributed by atoms with Crippen molar-refractivity contribution >= 4 is 22.8 Å². The Morgan fingerprint density at radius 3 is 2.45 bits per heavy atom. The van der Waals surface area contributed by atoms with Crippen LogP contribution in [0.3, 0.4) is 0 Å². The first-order valence-electron chi connectivity index (χ1n) is 9.19. The number of carbonyl (C=O) groups excluding carboxylic acids is 1. The minimum Gasteiger partial charge on any atom is -0.505 e. The third-order valence-electron chi connectivity index (χ3n) is 5.32. The van der Waals surface area contributed by atoms with Gasteiger partial charge in [0, 0.05) is 22.7 Å². The summed E-state index contributed by atoms with van der Waals surface area (Å²) >= 11 is 0. The van der Waals surface area contributed by atoms with Crippen LogP contribution in [-0.4, -0.2) is 26.7 Å². The molecule has 0 spiro atoms. The van der Waals surface area contributed by atoms with Crippen molar-refractivity contribution in [3.8, 4) is 5.75 Å². The zero-order chi connectivity index (χ0) is 21.5. The number of carbonyl (C=O) groups is 2. The normalized spacial score (nSPS) is 13.4. The van der Waals surface area contributed by atoms with Crippen LogP contribution in [0.25, 0.3) is 10.9 Å². The number of fused-ring (bicyclic) bond motifs is 1. The van der Waals surface area contributed by atoms with E-state index in [1.165, 1.54) is 29.7 Å². The van der Waals surface area contributed by atoms with Gasteiger partial charge < -0.3 is 10.2 Å². The van der Waals surface area contributed by atoms with Gasteiger partial charge in [-0.3, -0.25) is 14.2 Å². The third-order valence-corrected chi connectivity index (χ3v) is 5.32. The Labute approximate surface area is 166 Å². The summed E-state index contributed by atoms with van der Waals surface area (Å²) in [6.07, 6.45) is 0.828. The van der Waals surface area contributed by atoms with Crippen LogP contribution < -0.4 is 0 Å². The lowest BCUT2D eigenvalue weighted by molar-refractivity contribution is -0.143. The predicted octanol–water partition coefficient (Wildman–Crippen LogP) is 4.76. The van der Waals surface area contributed by atoms with Crippen LogP contribution in [0.5, 0.6) is 5.75 Å². The second kappa shape index (κ2) is 7.31. The summed E-state index contributed by atoms with van der Waals surface area (Å²) in [5, 5.41) is 20.1. The molecule has 0 saturated carbocycles. The maximum absolute atomic E-state index is 14.2. The van der Waals surface area contributed by atoms with Crippen LogP contribution in [0.4, 0.5) is 8.78 Å². The molecular formula is C22H21F2NO4. The van der Waals surface area contributed by atoms with Crippen LogP contribution >= 0.6 is 0 Å².